The summed E-state index contributed by atoms with van der Waals surface area (Å²) >= 11 is 5.92. The normalized spacial score (nSPS) is 10.0. The molecule has 8 heteroatoms. The molecule has 2 rings (SSSR count). The molecule has 24 heavy (non-hydrogen) atoms. The number of para-hydroxylation sites is 3. The number of carbonyl (C=O) groups is 1. The van der Waals surface area contributed by atoms with E-state index in [9.17, 15) is 14.9 Å². The third-order valence-corrected chi connectivity index (χ3v) is 3.16. The zero-order valence-electron chi connectivity index (χ0n) is 12.5. The van der Waals surface area contributed by atoms with Gasteiger partial charge in [-0.3, -0.25) is 10.1 Å². The second kappa shape index (κ2) is 8.73. The highest BCUT2D eigenvalue weighted by molar-refractivity contribution is 6.32. The summed E-state index contributed by atoms with van der Waals surface area (Å²) in [6, 6.07) is 12.7. The van der Waals surface area contributed by atoms with Crippen LogP contribution in [-0.2, 0) is 9.53 Å². The zero-order valence-corrected chi connectivity index (χ0v) is 13.3. The third kappa shape index (κ3) is 5.13. The maximum atomic E-state index is 11.6. The van der Waals surface area contributed by atoms with Crippen LogP contribution in [0.4, 0.5) is 5.69 Å². The van der Waals surface area contributed by atoms with Crippen molar-refractivity contribution >= 4 is 23.3 Å². The van der Waals surface area contributed by atoms with E-state index in [2.05, 4.69) is 0 Å². The molecule has 0 saturated heterocycles. The van der Waals surface area contributed by atoms with E-state index < -0.39 is 17.5 Å². The highest BCUT2D eigenvalue weighted by Gasteiger charge is 2.15. The lowest BCUT2D eigenvalue weighted by Crippen LogP contribution is -2.18. The molecule has 0 aliphatic rings. The lowest BCUT2D eigenvalue weighted by molar-refractivity contribution is -0.385. The molecule has 0 aromatic heterocycles. The van der Waals surface area contributed by atoms with Crippen LogP contribution >= 0.6 is 11.6 Å². The van der Waals surface area contributed by atoms with E-state index in [1.165, 1.54) is 18.2 Å². The van der Waals surface area contributed by atoms with Crippen LogP contribution in [0.15, 0.2) is 48.5 Å². The van der Waals surface area contributed by atoms with E-state index >= 15 is 0 Å². The molecule has 0 fully saturated rings. The molecule has 0 aliphatic heterocycles. The Morgan fingerprint density at radius 2 is 1.67 bits per heavy atom. The topological polar surface area (TPSA) is 87.9 Å². The van der Waals surface area contributed by atoms with Crippen LogP contribution in [0, 0.1) is 10.1 Å². The van der Waals surface area contributed by atoms with E-state index in [4.69, 9.17) is 25.8 Å². The third-order valence-electron chi connectivity index (χ3n) is 2.85. The van der Waals surface area contributed by atoms with Crippen LogP contribution in [0.3, 0.4) is 0 Å². The molecular weight excluding hydrogens is 338 g/mol. The number of carbonyl (C=O) groups excluding carboxylic acids is 1. The summed E-state index contributed by atoms with van der Waals surface area (Å²) in [4.78, 5) is 21.8. The van der Waals surface area contributed by atoms with Crippen molar-refractivity contribution in [3.63, 3.8) is 0 Å². The Morgan fingerprint density at radius 3 is 2.38 bits per heavy atom. The minimum absolute atomic E-state index is 0.00427. The van der Waals surface area contributed by atoms with Crippen molar-refractivity contribution in [1.82, 2.24) is 0 Å². The first-order chi connectivity index (χ1) is 11.6. The van der Waals surface area contributed by atoms with Gasteiger partial charge < -0.3 is 14.2 Å². The first kappa shape index (κ1) is 17.6. The van der Waals surface area contributed by atoms with Gasteiger partial charge in [-0.25, -0.2) is 4.79 Å². The predicted molar refractivity (Wildman–Crippen MR) is 86.5 cm³/mol. The number of rotatable bonds is 8. The van der Waals surface area contributed by atoms with Crippen LogP contribution in [-0.4, -0.2) is 30.7 Å². The van der Waals surface area contributed by atoms with Crippen molar-refractivity contribution in [3.05, 3.63) is 63.7 Å². The molecule has 0 amide bonds. The van der Waals surface area contributed by atoms with Gasteiger partial charge in [-0.05, 0) is 18.2 Å². The van der Waals surface area contributed by atoms with Crippen molar-refractivity contribution < 1.29 is 23.9 Å². The number of hydrogen-bond donors (Lipinski definition) is 0. The molecule has 0 spiro atoms. The largest absolute Gasteiger partial charge is 0.488 e. The molecule has 0 unspecified atom stereocenters. The van der Waals surface area contributed by atoms with E-state index in [1.807, 2.05) is 0 Å². The minimum atomic E-state index is -0.657. The van der Waals surface area contributed by atoms with Gasteiger partial charge >= 0.3 is 11.7 Å². The highest BCUT2D eigenvalue weighted by atomic mass is 35.5. The SMILES string of the molecule is O=C(COc1ccccc1[N+](=O)[O-])OCCOc1ccccc1Cl. The number of nitrogens with zero attached hydrogens (tertiary/aromatic N) is 1. The summed E-state index contributed by atoms with van der Waals surface area (Å²) in [6.07, 6.45) is 0. The Kier molecular flexibility index (Phi) is 6.39. The molecule has 0 saturated carbocycles. The predicted octanol–water partition coefficient (Wildman–Crippen LogP) is 3.25. The second-order valence-electron chi connectivity index (χ2n) is 4.51. The van der Waals surface area contributed by atoms with Crippen molar-refractivity contribution in [2.24, 2.45) is 0 Å². The lowest BCUT2D eigenvalue weighted by Gasteiger charge is -2.09. The van der Waals surface area contributed by atoms with Gasteiger partial charge in [-0.15, -0.1) is 0 Å². The lowest BCUT2D eigenvalue weighted by atomic mass is 10.3. The quantitative estimate of drug-likeness (QED) is 0.314. The van der Waals surface area contributed by atoms with Crippen LogP contribution in [0.2, 0.25) is 5.02 Å². The molecule has 0 heterocycles. The minimum Gasteiger partial charge on any atom is -0.488 e. The molecule has 0 N–H and O–H groups in total. The molecule has 0 bridgehead atoms. The number of hydrogen-bond acceptors (Lipinski definition) is 6. The first-order valence-corrected chi connectivity index (χ1v) is 7.35. The Bertz CT molecular complexity index is 721. The van der Waals surface area contributed by atoms with Gasteiger partial charge in [0.05, 0.1) is 9.95 Å². The molecule has 0 radical (unpaired) electrons. The van der Waals surface area contributed by atoms with Gasteiger partial charge in [0, 0.05) is 6.07 Å². The number of ether oxygens (including phenoxy) is 3. The van der Waals surface area contributed by atoms with E-state index in [0.29, 0.717) is 10.8 Å². The van der Waals surface area contributed by atoms with Crippen molar-refractivity contribution in [3.8, 4) is 11.5 Å². The van der Waals surface area contributed by atoms with Gasteiger partial charge in [0.25, 0.3) is 0 Å². The Hall–Kier alpha value is -2.80. The fraction of sp³-hybridized carbons (Fsp3) is 0.188. The molecule has 7 nitrogen and oxygen atoms in total. The summed E-state index contributed by atoms with van der Waals surface area (Å²) < 4.78 is 15.4. The van der Waals surface area contributed by atoms with E-state index in [-0.39, 0.29) is 24.7 Å². The summed E-state index contributed by atoms with van der Waals surface area (Å²) in [6.45, 7) is -0.303. The number of halogens is 1. The second-order valence-corrected chi connectivity index (χ2v) is 4.92. The van der Waals surface area contributed by atoms with Gasteiger partial charge in [0.15, 0.2) is 12.4 Å². The van der Waals surface area contributed by atoms with Crippen molar-refractivity contribution in [2.45, 2.75) is 0 Å². The molecule has 2 aromatic rings. The van der Waals surface area contributed by atoms with E-state index in [0.717, 1.165) is 0 Å². The Labute approximate surface area is 142 Å². The maximum absolute atomic E-state index is 11.6. The monoisotopic (exact) mass is 351 g/mol. The average molecular weight is 352 g/mol. The van der Waals surface area contributed by atoms with Crippen LogP contribution in [0.25, 0.3) is 0 Å². The molecule has 0 atom stereocenters. The first-order valence-electron chi connectivity index (χ1n) is 6.97. The number of benzene rings is 2. The number of esters is 1. The molecule has 2 aromatic carbocycles. The number of nitro groups is 1. The van der Waals surface area contributed by atoms with Gasteiger partial charge in [0.1, 0.15) is 19.0 Å². The average Bonchev–Trinajstić information content (AvgIpc) is 2.58. The molecule has 0 aliphatic carbocycles. The summed E-state index contributed by atoms with van der Waals surface area (Å²) in [7, 11) is 0. The Morgan fingerprint density at radius 1 is 1.00 bits per heavy atom. The van der Waals surface area contributed by atoms with Gasteiger partial charge in [-0.1, -0.05) is 35.9 Å². The summed E-state index contributed by atoms with van der Waals surface area (Å²) in [5.41, 5.74) is -0.215. The van der Waals surface area contributed by atoms with Crippen LogP contribution in [0.5, 0.6) is 11.5 Å². The molecule has 126 valence electrons. The van der Waals surface area contributed by atoms with Crippen LogP contribution in [0.1, 0.15) is 0 Å². The molecular formula is C16H14ClNO6. The fourth-order valence-corrected chi connectivity index (χ4v) is 1.97. The zero-order chi connectivity index (χ0) is 17.4. The van der Waals surface area contributed by atoms with Gasteiger partial charge in [-0.2, -0.15) is 0 Å². The smallest absolute Gasteiger partial charge is 0.344 e. The summed E-state index contributed by atoms with van der Waals surface area (Å²) in [5, 5.41) is 11.3. The highest BCUT2D eigenvalue weighted by Crippen LogP contribution is 2.25. The number of nitro benzene ring substituents is 1. The van der Waals surface area contributed by atoms with Crippen molar-refractivity contribution in [1.29, 1.82) is 0 Å². The standard InChI is InChI=1S/C16H14ClNO6/c17-12-5-1-3-7-14(12)22-9-10-23-16(19)11-24-15-8-4-2-6-13(15)18(20)21/h1-8H,9-11H2. The van der Waals surface area contributed by atoms with Crippen molar-refractivity contribution in [2.75, 3.05) is 19.8 Å². The maximum Gasteiger partial charge on any atom is 0.344 e. The summed E-state index contributed by atoms with van der Waals surface area (Å²) in [5.74, 6) is -0.158. The van der Waals surface area contributed by atoms with E-state index in [1.54, 1.807) is 30.3 Å². The Balaban J connectivity index is 1.73. The van der Waals surface area contributed by atoms with Gasteiger partial charge in [0.2, 0.25) is 0 Å². The van der Waals surface area contributed by atoms with Crippen LogP contribution < -0.4 is 9.47 Å². The fourth-order valence-electron chi connectivity index (χ4n) is 1.78.